The standard InChI is InChI=1S/C23H26ClN3O3/c1-2-13-25-22(29)18-12-11-17(15-19(18)24)26-23(30)21(16-8-4-3-5-9-16)27-14-7-6-10-20(27)28/h3-5,8-9,11-12,15,21H,2,6-7,10,13-14H2,1H3,(H,25,29)(H,26,30). The Morgan fingerprint density at radius 3 is 2.57 bits per heavy atom. The Labute approximate surface area is 181 Å². The van der Waals surface area contributed by atoms with E-state index in [1.54, 1.807) is 23.1 Å². The fourth-order valence-corrected chi connectivity index (χ4v) is 3.80. The second-order valence-corrected chi connectivity index (χ2v) is 7.70. The second-order valence-electron chi connectivity index (χ2n) is 7.30. The van der Waals surface area contributed by atoms with Gasteiger partial charge in [0, 0.05) is 25.2 Å². The Morgan fingerprint density at radius 2 is 1.90 bits per heavy atom. The monoisotopic (exact) mass is 427 g/mol. The molecule has 7 heteroatoms. The number of likely N-dealkylation sites (tertiary alicyclic amines) is 1. The van der Waals surface area contributed by atoms with E-state index < -0.39 is 6.04 Å². The molecular formula is C23H26ClN3O3. The highest BCUT2D eigenvalue weighted by molar-refractivity contribution is 6.34. The molecule has 2 aromatic rings. The van der Waals surface area contributed by atoms with Crippen molar-refractivity contribution in [3.8, 4) is 0 Å². The Morgan fingerprint density at radius 1 is 1.13 bits per heavy atom. The molecule has 0 saturated carbocycles. The molecule has 3 rings (SSSR count). The van der Waals surface area contributed by atoms with Crippen LogP contribution in [-0.2, 0) is 9.59 Å². The molecule has 2 N–H and O–H groups in total. The van der Waals surface area contributed by atoms with Gasteiger partial charge in [-0.15, -0.1) is 0 Å². The number of benzene rings is 2. The molecule has 1 aliphatic heterocycles. The van der Waals surface area contributed by atoms with Crippen LogP contribution in [0, 0.1) is 0 Å². The molecule has 0 aromatic heterocycles. The van der Waals surface area contributed by atoms with Crippen LogP contribution in [0.2, 0.25) is 5.02 Å². The minimum atomic E-state index is -0.717. The van der Waals surface area contributed by atoms with Crippen molar-refractivity contribution in [1.82, 2.24) is 10.2 Å². The molecule has 1 fully saturated rings. The Hall–Kier alpha value is -2.86. The van der Waals surface area contributed by atoms with Crippen molar-refractivity contribution in [3.05, 3.63) is 64.7 Å². The van der Waals surface area contributed by atoms with E-state index in [9.17, 15) is 14.4 Å². The van der Waals surface area contributed by atoms with Gasteiger partial charge in [-0.2, -0.15) is 0 Å². The van der Waals surface area contributed by atoms with Gasteiger partial charge < -0.3 is 15.5 Å². The van der Waals surface area contributed by atoms with Crippen molar-refractivity contribution in [2.24, 2.45) is 0 Å². The van der Waals surface area contributed by atoms with Gasteiger partial charge in [0.05, 0.1) is 10.6 Å². The molecule has 0 spiro atoms. The van der Waals surface area contributed by atoms with E-state index in [0.29, 0.717) is 30.8 Å². The van der Waals surface area contributed by atoms with Gasteiger partial charge in [-0.1, -0.05) is 48.9 Å². The quantitative estimate of drug-likeness (QED) is 0.696. The minimum Gasteiger partial charge on any atom is -0.352 e. The maximum Gasteiger partial charge on any atom is 0.252 e. The number of nitrogens with one attached hydrogen (secondary N) is 2. The predicted molar refractivity (Wildman–Crippen MR) is 117 cm³/mol. The number of anilines is 1. The molecule has 1 unspecified atom stereocenters. The maximum atomic E-state index is 13.2. The van der Waals surface area contributed by atoms with Gasteiger partial charge in [0.1, 0.15) is 6.04 Å². The lowest BCUT2D eigenvalue weighted by molar-refractivity contribution is -0.141. The van der Waals surface area contributed by atoms with Crippen molar-refractivity contribution in [2.45, 2.75) is 38.6 Å². The summed E-state index contributed by atoms with van der Waals surface area (Å²) in [6.07, 6.45) is 2.99. The predicted octanol–water partition coefficient (Wildman–Crippen LogP) is 4.17. The molecule has 1 heterocycles. The third kappa shape index (κ3) is 5.19. The number of amides is 3. The molecule has 0 radical (unpaired) electrons. The van der Waals surface area contributed by atoms with Crippen LogP contribution in [0.3, 0.4) is 0 Å². The van der Waals surface area contributed by atoms with Gasteiger partial charge in [0.2, 0.25) is 5.91 Å². The maximum absolute atomic E-state index is 13.2. The lowest BCUT2D eigenvalue weighted by Gasteiger charge is -2.34. The molecule has 0 bridgehead atoms. The van der Waals surface area contributed by atoms with E-state index in [4.69, 9.17) is 11.6 Å². The highest BCUT2D eigenvalue weighted by atomic mass is 35.5. The summed E-state index contributed by atoms with van der Waals surface area (Å²) in [5.41, 5.74) is 1.59. The van der Waals surface area contributed by atoms with Crippen molar-refractivity contribution in [2.75, 3.05) is 18.4 Å². The lowest BCUT2D eigenvalue weighted by Crippen LogP contribution is -2.43. The number of nitrogens with zero attached hydrogens (tertiary/aromatic N) is 1. The second kappa shape index (κ2) is 10.3. The van der Waals surface area contributed by atoms with Crippen molar-refractivity contribution < 1.29 is 14.4 Å². The Bertz CT molecular complexity index is 917. The number of hydrogen-bond donors (Lipinski definition) is 2. The van der Waals surface area contributed by atoms with E-state index in [0.717, 1.165) is 24.8 Å². The number of piperidine rings is 1. The van der Waals surface area contributed by atoms with Crippen LogP contribution < -0.4 is 10.6 Å². The number of carbonyl (C=O) groups is 3. The molecule has 1 atom stereocenters. The van der Waals surface area contributed by atoms with Gasteiger partial charge in [-0.25, -0.2) is 0 Å². The zero-order chi connectivity index (χ0) is 21.5. The molecule has 158 valence electrons. The van der Waals surface area contributed by atoms with Crippen LogP contribution in [0.5, 0.6) is 0 Å². The average molecular weight is 428 g/mol. The first-order valence-corrected chi connectivity index (χ1v) is 10.6. The fraction of sp³-hybridized carbons (Fsp3) is 0.348. The zero-order valence-electron chi connectivity index (χ0n) is 17.0. The summed E-state index contributed by atoms with van der Waals surface area (Å²) in [5, 5.41) is 5.90. The smallest absolute Gasteiger partial charge is 0.252 e. The molecule has 3 amide bonds. The molecular weight excluding hydrogens is 402 g/mol. The Kier molecular flexibility index (Phi) is 7.46. The van der Waals surface area contributed by atoms with E-state index in [1.165, 1.54) is 0 Å². The molecule has 30 heavy (non-hydrogen) atoms. The van der Waals surface area contributed by atoms with E-state index >= 15 is 0 Å². The van der Waals surface area contributed by atoms with Crippen LogP contribution >= 0.6 is 11.6 Å². The van der Waals surface area contributed by atoms with Crippen LogP contribution in [-0.4, -0.2) is 35.7 Å². The summed E-state index contributed by atoms with van der Waals surface area (Å²) in [5.74, 6) is -0.581. The number of rotatable bonds is 7. The van der Waals surface area contributed by atoms with E-state index in [1.807, 2.05) is 37.3 Å². The summed E-state index contributed by atoms with van der Waals surface area (Å²) in [7, 11) is 0. The van der Waals surface area contributed by atoms with Gasteiger partial charge in [0.15, 0.2) is 0 Å². The molecule has 1 saturated heterocycles. The SMILES string of the molecule is CCCNC(=O)c1ccc(NC(=O)C(c2ccccc2)N2CCCCC2=O)cc1Cl. The summed E-state index contributed by atoms with van der Waals surface area (Å²) >= 11 is 6.28. The number of hydrogen-bond acceptors (Lipinski definition) is 3. The van der Waals surface area contributed by atoms with Crippen molar-refractivity contribution in [3.63, 3.8) is 0 Å². The van der Waals surface area contributed by atoms with Crippen LogP contribution in [0.4, 0.5) is 5.69 Å². The molecule has 0 aliphatic carbocycles. The third-order valence-electron chi connectivity index (χ3n) is 5.05. The van der Waals surface area contributed by atoms with Crippen molar-refractivity contribution in [1.29, 1.82) is 0 Å². The third-order valence-corrected chi connectivity index (χ3v) is 5.36. The minimum absolute atomic E-state index is 0.0220. The lowest BCUT2D eigenvalue weighted by atomic mass is 10.0. The first kappa shape index (κ1) is 21.8. The first-order chi connectivity index (χ1) is 14.5. The fourth-order valence-electron chi connectivity index (χ4n) is 3.53. The van der Waals surface area contributed by atoms with Gasteiger partial charge >= 0.3 is 0 Å². The number of carbonyl (C=O) groups excluding carboxylic acids is 3. The molecule has 2 aromatic carbocycles. The van der Waals surface area contributed by atoms with Crippen LogP contribution in [0.1, 0.15) is 54.6 Å². The molecule has 6 nitrogen and oxygen atoms in total. The van der Waals surface area contributed by atoms with E-state index in [-0.39, 0.29) is 22.7 Å². The highest BCUT2D eigenvalue weighted by Gasteiger charge is 2.32. The largest absolute Gasteiger partial charge is 0.352 e. The van der Waals surface area contributed by atoms with Gasteiger partial charge in [-0.05, 0) is 43.0 Å². The summed E-state index contributed by atoms with van der Waals surface area (Å²) in [4.78, 5) is 39.5. The number of halogens is 1. The zero-order valence-corrected chi connectivity index (χ0v) is 17.7. The van der Waals surface area contributed by atoms with Crippen LogP contribution in [0.25, 0.3) is 0 Å². The summed E-state index contributed by atoms with van der Waals surface area (Å²) in [6.45, 7) is 3.08. The average Bonchev–Trinajstić information content (AvgIpc) is 2.74. The normalized spacial score (nSPS) is 14.9. The van der Waals surface area contributed by atoms with E-state index in [2.05, 4.69) is 10.6 Å². The Balaban J connectivity index is 1.81. The van der Waals surface area contributed by atoms with Crippen LogP contribution in [0.15, 0.2) is 48.5 Å². The highest BCUT2D eigenvalue weighted by Crippen LogP contribution is 2.28. The topological polar surface area (TPSA) is 78.5 Å². The molecule has 1 aliphatic rings. The van der Waals surface area contributed by atoms with Gasteiger partial charge in [0.25, 0.3) is 11.8 Å². The summed E-state index contributed by atoms with van der Waals surface area (Å²) < 4.78 is 0. The first-order valence-electron chi connectivity index (χ1n) is 10.2. The van der Waals surface area contributed by atoms with Crippen molar-refractivity contribution >= 4 is 35.0 Å². The summed E-state index contributed by atoms with van der Waals surface area (Å²) in [6, 6.07) is 13.3. The van der Waals surface area contributed by atoms with Gasteiger partial charge in [-0.3, -0.25) is 14.4 Å².